The van der Waals surface area contributed by atoms with Gasteiger partial charge in [-0.1, -0.05) is 13.3 Å². The van der Waals surface area contributed by atoms with Crippen molar-refractivity contribution in [1.29, 1.82) is 0 Å². The van der Waals surface area contributed by atoms with Crippen molar-refractivity contribution in [2.75, 3.05) is 23.9 Å². The van der Waals surface area contributed by atoms with E-state index < -0.39 is 4.92 Å². The predicted molar refractivity (Wildman–Crippen MR) is 77.3 cm³/mol. The highest BCUT2D eigenvalue weighted by Gasteiger charge is 2.12. The number of anilines is 2. The molecule has 0 fully saturated rings. The average Bonchev–Trinajstić information content (AvgIpc) is 2.44. The van der Waals surface area contributed by atoms with E-state index in [-0.39, 0.29) is 18.1 Å². The van der Waals surface area contributed by atoms with Crippen LogP contribution in [0.5, 0.6) is 0 Å². The Morgan fingerprint density at radius 3 is 2.70 bits per heavy atom. The minimum atomic E-state index is -0.495. The highest BCUT2D eigenvalue weighted by Crippen LogP contribution is 2.21. The van der Waals surface area contributed by atoms with E-state index in [4.69, 9.17) is 10.9 Å². The summed E-state index contributed by atoms with van der Waals surface area (Å²) < 4.78 is 0. The smallest absolute Gasteiger partial charge is 0.276 e. The van der Waals surface area contributed by atoms with Crippen molar-refractivity contribution in [2.24, 2.45) is 11.8 Å². The number of nitro groups is 1. The van der Waals surface area contributed by atoms with Crippen molar-refractivity contribution in [3.8, 4) is 0 Å². The highest BCUT2D eigenvalue weighted by atomic mass is 16.6. The van der Waals surface area contributed by atoms with E-state index >= 15 is 0 Å². The van der Waals surface area contributed by atoms with Crippen LogP contribution in [-0.4, -0.2) is 28.2 Å². The summed E-state index contributed by atoms with van der Waals surface area (Å²) in [6.45, 7) is 2.81. The lowest BCUT2D eigenvalue weighted by Crippen LogP contribution is -2.17. The fraction of sp³-hybridized carbons (Fsp3) is 0.583. The number of hydrazine groups is 1. The maximum absolute atomic E-state index is 10.8. The SMILES string of the molecule is CCCC(CCO)CNc1cc([N+](=O)[O-])cc(NN)n1. The largest absolute Gasteiger partial charge is 0.396 e. The topological polar surface area (TPSA) is 126 Å². The molecule has 0 radical (unpaired) electrons. The molecule has 0 bridgehead atoms. The molecule has 0 amide bonds. The number of pyridine rings is 1. The van der Waals surface area contributed by atoms with Crippen LogP contribution in [0.1, 0.15) is 26.2 Å². The Balaban J connectivity index is 2.75. The second-order valence-corrected chi connectivity index (χ2v) is 4.55. The van der Waals surface area contributed by atoms with Gasteiger partial charge >= 0.3 is 0 Å². The molecule has 1 heterocycles. The van der Waals surface area contributed by atoms with Crippen molar-refractivity contribution in [2.45, 2.75) is 26.2 Å². The maximum atomic E-state index is 10.8. The normalized spacial score (nSPS) is 11.9. The molecule has 1 aromatic rings. The molecule has 8 heteroatoms. The van der Waals surface area contributed by atoms with E-state index in [1.54, 1.807) is 0 Å². The molecule has 1 rings (SSSR count). The first kappa shape index (κ1) is 16.1. The Morgan fingerprint density at radius 1 is 1.45 bits per heavy atom. The molecule has 0 saturated carbocycles. The number of hydrogen-bond donors (Lipinski definition) is 4. The molecule has 0 aromatic carbocycles. The third-order valence-corrected chi connectivity index (χ3v) is 2.97. The van der Waals surface area contributed by atoms with E-state index in [1.165, 1.54) is 12.1 Å². The van der Waals surface area contributed by atoms with Crippen LogP contribution in [0.25, 0.3) is 0 Å². The van der Waals surface area contributed by atoms with Crippen LogP contribution in [0.2, 0.25) is 0 Å². The monoisotopic (exact) mass is 283 g/mol. The van der Waals surface area contributed by atoms with Crippen LogP contribution in [0, 0.1) is 16.0 Å². The average molecular weight is 283 g/mol. The van der Waals surface area contributed by atoms with Gasteiger partial charge in [0.15, 0.2) is 0 Å². The molecule has 0 saturated heterocycles. The van der Waals surface area contributed by atoms with Crippen molar-refractivity contribution >= 4 is 17.3 Å². The lowest BCUT2D eigenvalue weighted by Gasteiger charge is -2.16. The molecular formula is C12H21N5O3. The molecule has 0 spiro atoms. The van der Waals surface area contributed by atoms with Gasteiger partial charge in [0.25, 0.3) is 5.69 Å². The van der Waals surface area contributed by atoms with Crippen LogP contribution in [0.4, 0.5) is 17.3 Å². The van der Waals surface area contributed by atoms with Gasteiger partial charge in [-0.25, -0.2) is 10.8 Å². The Bertz CT molecular complexity index is 435. The predicted octanol–water partition coefficient (Wildman–Crippen LogP) is 1.49. The number of aliphatic hydroxyl groups excluding tert-OH is 1. The summed E-state index contributed by atoms with van der Waals surface area (Å²) >= 11 is 0. The summed E-state index contributed by atoms with van der Waals surface area (Å²) in [5.41, 5.74) is 2.23. The fourth-order valence-electron chi connectivity index (χ4n) is 1.97. The van der Waals surface area contributed by atoms with E-state index in [1.807, 2.05) is 0 Å². The Labute approximate surface area is 117 Å². The zero-order valence-electron chi connectivity index (χ0n) is 11.5. The van der Waals surface area contributed by atoms with Gasteiger partial charge in [-0.3, -0.25) is 10.1 Å². The minimum absolute atomic E-state index is 0.0790. The number of nitrogens with one attached hydrogen (secondary N) is 2. The van der Waals surface area contributed by atoms with Crippen molar-refractivity contribution in [3.05, 3.63) is 22.2 Å². The summed E-state index contributed by atoms with van der Waals surface area (Å²) in [5.74, 6) is 6.18. The zero-order valence-corrected chi connectivity index (χ0v) is 11.5. The lowest BCUT2D eigenvalue weighted by atomic mass is 10.0. The minimum Gasteiger partial charge on any atom is -0.396 e. The van der Waals surface area contributed by atoms with Crippen molar-refractivity contribution in [1.82, 2.24) is 4.98 Å². The van der Waals surface area contributed by atoms with E-state index in [2.05, 4.69) is 22.7 Å². The van der Waals surface area contributed by atoms with E-state index in [0.29, 0.717) is 24.7 Å². The Morgan fingerprint density at radius 2 is 2.15 bits per heavy atom. The molecule has 1 unspecified atom stereocenters. The second-order valence-electron chi connectivity index (χ2n) is 4.55. The first-order valence-corrected chi connectivity index (χ1v) is 6.58. The summed E-state index contributed by atoms with van der Waals surface area (Å²) in [6.07, 6.45) is 2.69. The molecule has 1 aromatic heterocycles. The fourth-order valence-corrected chi connectivity index (χ4v) is 1.97. The van der Waals surface area contributed by atoms with Gasteiger partial charge in [0.05, 0.1) is 17.1 Å². The molecule has 0 aliphatic heterocycles. The van der Waals surface area contributed by atoms with Gasteiger partial charge in [0, 0.05) is 13.2 Å². The molecule has 112 valence electrons. The molecule has 8 nitrogen and oxygen atoms in total. The number of nitrogens with zero attached hydrogens (tertiary/aromatic N) is 2. The second kappa shape index (κ2) is 8.28. The number of nitrogen functional groups attached to an aromatic ring is 1. The van der Waals surface area contributed by atoms with Crippen LogP contribution >= 0.6 is 0 Å². The van der Waals surface area contributed by atoms with Crippen LogP contribution in [-0.2, 0) is 0 Å². The lowest BCUT2D eigenvalue weighted by molar-refractivity contribution is -0.384. The van der Waals surface area contributed by atoms with Crippen LogP contribution in [0.3, 0.4) is 0 Å². The number of aromatic nitrogens is 1. The van der Waals surface area contributed by atoms with Gasteiger partial charge in [0.2, 0.25) is 0 Å². The quantitative estimate of drug-likeness (QED) is 0.307. The maximum Gasteiger partial charge on any atom is 0.276 e. The molecule has 1 atom stereocenters. The first-order chi connectivity index (χ1) is 9.60. The van der Waals surface area contributed by atoms with Gasteiger partial charge in [-0.05, 0) is 18.8 Å². The Hall–Kier alpha value is -1.93. The number of rotatable bonds is 9. The van der Waals surface area contributed by atoms with E-state index in [9.17, 15) is 10.1 Å². The highest BCUT2D eigenvalue weighted by molar-refractivity contribution is 5.54. The summed E-state index contributed by atoms with van der Waals surface area (Å²) in [7, 11) is 0. The molecular weight excluding hydrogens is 262 g/mol. The zero-order chi connectivity index (χ0) is 15.0. The van der Waals surface area contributed by atoms with Crippen molar-refractivity contribution in [3.63, 3.8) is 0 Å². The van der Waals surface area contributed by atoms with Crippen LogP contribution in [0.15, 0.2) is 12.1 Å². The Kier molecular flexibility index (Phi) is 6.68. The molecule has 0 aliphatic rings. The number of hydrogen-bond acceptors (Lipinski definition) is 7. The van der Waals surface area contributed by atoms with Crippen LogP contribution < -0.4 is 16.6 Å². The summed E-state index contributed by atoms with van der Waals surface area (Å²) in [4.78, 5) is 14.4. The standard InChI is InChI=1S/C12H21N5O3/c1-2-3-9(4-5-18)8-14-11-6-10(17(19)20)7-12(15-11)16-13/h6-7,9,18H,2-5,8,13H2,1H3,(H2,14,15,16). The number of nitrogens with two attached hydrogens (primary N) is 1. The van der Waals surface area contributed by atoms with Gasteiger partial charge < -0.3 is 15.8 Å². The molecule has 0 aliphatic carbocycles. The molecule has 5 N–H and O–H groups in total. The summed E-state index contributed by atoms with van der Waals surface area (Å²) in [5, 5.41) is 22.9. The summed E-state index contributed by atoms with van der Waals surface area (Å²) in [6, 6.07) is 2.63. The van der Waals surface area contributed by atoms with E-state index in [0.717, 1.165) is 12.8 Å². The number of aliphatic hydroxyl groups is 1. The third-order valence-electron chi connectivity index (χ3n) is 2.97. The van der Waals surface area contributed by atoms with Gasteiger partial charge in [-0.2, -0.15) is 0 Å². The first-order valence-electron chi connectivity index (χ1n) is 6.58. The van der Waals surface area contributed by atoms with Gasteiger partial charge in [0.1, 0.15) is 11.6 Å². The third kappa shape index (κ3) is 4.98. The van der Waals surface area contributed by atoms with Gasteiger partial charge in [-0.15, -0.1) is 0 Å². The molecule has 20 heavy (non-hydrogen) atoms. The van der Waals surface area contributed by atoms with Crippen molar-refractivity contribution < 1.29 is 10.0 Å².